The normalized spacial score (nSPS) is 26.2. The van der Waals surface area contributed by atoms with Crippen LogP contribution in [0.1, 0.15) is 76.2 Å². The summed E-state index contributed by atoms with van der Waals surface area (Å²) in [6.07, 6.45) is 11.5. The van der Waals surface area contributed by atoms with Gasteiger partial charge in [0.1, 0.15) is 17.5 Å². The smallest absolute Gasteiger partial charge is 0.134 e. The van der Waals surface area contributed by atoms with Gasteiger partial charge in [0.05, 0.1) is 5.56 Å². The monoisotopic (exact) mass is 458 g/mol. The molecular weight excluding hydrogens is 421 g/mol. The van der Waals surface area contributed by atoms with E-state index in [1.807, 2.05) is 0 Å². The first-order valence-electron chi connectivity index (χ1n) is 12.8. The van der Waals surface area contributed by atoms with Crippen LogP contribution in [-0.2, 0) is 0 Å². The van der Waals surface area contributed by atoms with Crippen molar-refractivity contribution in [3.63, 3.8) is 0 Å². The van der Waals surface area contributed by atoms with E-state index in [-0.39, 0.29) is 20.3 Å². The predicted octanol–water partition coefficient (Wildman–Crippen LogP) is 8.87. The molecule has 2 aliphatic rings. The lowest BCUT2D eigenvalue weighted by Crippen LogP contribution is -2.22. The van der Waals surface area contributed by atoms with Crippen molar-refractivity contribution in [2.24, 2.45) is 11.8 Å². The molecule has 1 aliphatic carbocycles. The van der Waals surface area contributed by atoms with Gasteiger partial charge in [0.25, 0.3) is 0 Å². The van der Waals surface area contributed by atoms with E-state index >= 15 is 0 Å². The molecule has 0 spiro atoms. The molecule has 4 heteroatoms. The molecule has 32 heavy (non-hydrogen) atoms. The third-order valence-corrected chi connectivity index (χ3v) is 11.9. The molecule has 0 unspecified atom stereocenters. The summed E-state index contributed by atoms with van der Waals surface area (Å²) in [6.45, 7) is 2.33. The fourth-order valence-corrected chi connectivity index (χ4v) is 9.76. The highest BCUT2D eigenvalue weighted by Gasteiger charge is 2.26. The van der Waals surface area contributed by atoms with Crippen molar-refractivity contribution in [3.8, 4) is 11.1 Å². The zero-order chi connectivity index (χ0) is 22.5. The van der Waals surface area contributed by atoms with Gasteiger partial charge in [-0.25, -0.2) is 13.2 Å². The summed E-state index contributed by atoms with van der Waals surface area (Å²) >= 11 is 0. The maximum absolute atomic E-state index is 14.8. The van der Waals surface area contributed by atoms with Crippen LogP contribution in [-0.4, -0.2) is 8.80 Å². The standard InChI is InChI=1S/C28H37F3Si/c1-2-15-32-16-13-21(14-17-32)4-3-20-5-7-22(8-6-20)24-18-26(30)28(27(31)19-24)23-9-11-25(29)12-10-23/h9-12,18-22,32H,2-8,13-17H2,1H3/t20?,21-,22?,32-. The highest BCUT2D eigenvalue weighted by atomic mass is 28.3. The number of hydrogen-bond acceptors (Lipinski definition) is 0. The number of rotatable bonds is 7. The maximum Gasteiger partial charge on any atom is 0.134 e. The van der Waals surface area contributed by atoms with E-state index in [1.54, 1.807) is 18.1 Å². The Morgan fingerprint density at radius 2 is 1.34 bits per heavy atom. The van der Waals surface area contributed by atoms with Crippen LogP contribution in [0.4, 0.5) is 13.2 Å². The lowest BCUT2D eigenvalue weighted by atomic mass is 9.76. The van der Waals surface area contributed by atoms with Gasteiger partial charge in [-0.3, -0.25) is 0 Å². The van der Waals surface area contributed by atoms with Gasteiger partial charge >= 0.3 is 0 Å². The molecule has 2 fully saturated rings. The van der Waals surface area contributed by atoms with Crippen LogP contribution in [0, 0.1) is 29.3 Å². The van der Waals surface area contributed by atoms with Crippen molar-refractivity contribution in [2.45, 2.75) is 88.8 Å². The molecule has 2 aromatic carbocycles. The Bertz CT molecular complexity index is 840. The first-order valence-corrected chi connectivity index (χ1v) is 15.2. The van der Waals surface area contributed by atoms with Crippen molar-refractivity contribution >= 4 is 8.80 Å². The molecule has 2 aromatic rings. The van der Waals surface area contributed by atoms with Crippen molar-refractivity contribution in [3.05, 3.63) is 59.4 Å². The van der Waals surface area contributed by atoms with E-state index in [2.05, 4.69) is 6.92 Å². The van der Waals surface area contributed by atoms with Gasteiger partial charge in [0.15, 0.2) is 0 Å². The Hall–Kier alpha value is -1.55. The molecule has 1 aliphatic heterocycles. The second-order valence-electron chi connectivity index (χ2n) is 10.3. The van der Waals surface area contributed by atoms with Crippen LogP contribution >= 0.6 is 0 Å². The van der Waals surface area contributed by atoms with Gasteiger partial charge in [0, 0.05) is 8.80 Å². The SMILES string of the molecule is CCC[Si@H]1CC[C@H](CCC2CCC(c3cc(F)c(-c4ccc(F)cc4)c(F)c3)CC2)CC1. The molecule has 0 radical (unpaired) electrons. The number of halogens is 3. The van der Waals surface area contributed by atoms with Gasteiger partial charge in [-0.2, -0.15) is 0 Å². The van der Waals surface area contributed by atoms with Gasteiger partial charge < -0.3 is 0 Å². The third kappa shape index (κ3) is 5.87. The van der Waals surface area contributed by atoms with Gasteiger partial charge in [0.2, 0.25) is 0 Å². The fraction of sp³-hybridized carbons (Fsp3) is 0.571. The quantitative estimate of drug-likeness (QED) is 0.363. The van der Waals surface area contributed by atoms with E-state index in [0.717, 1.165) is 30.2 Å². The fourth-order valence-electron chi connectivity index (χ4n) is 6.19. The zero-order valence-electron chi connectivity index (χ0n) is 19.4. The maximum atomic E-state index is 14.8. The van der Waals surface area contributed by atoms with Crippen molar-refractivity contribution in [1.82, 2.24) is 0 Å². The Morgan fingerprint density at radius 3 is 1.91 bits per heavy atom. The van der Waals surface area contributed by atoms with E-state index in [1.165, 1.54) is 81.3 Å². The summed E-state index contributed by atoms with van der Waals surface area (Å²) in [7, 11) is -0.380. The molecule has 0 bridgehead atoms. The molecule has 174 valence electrons. The molecule has 1 heterocycles. The average Bonchev–Trinajstić information content (AvgIpc) is 2.80. The van der Waals surface area contributed by atoms with Crippen LogP contribution in [0.3, 0.4) is 0 Å². The Labute approximate surface area is 193 Å². The largest absolute Gasteiger partial charge is 0.207 e. The predicted molar refractivity (Wildman–Crippen MR) is 130 cm³/mol. The topological polar surface area (TPSA) is 0 Å². The Kier molecular flexibility index (Phi) is 8.15. The van der Waals surface area contributed by atoms with E-state index in [0.29, 0.717) is 5.56 Å². The summed E-state index contributed by atoms with van der Waals surface area (Å²) in [5, 5.41) is 0. The zero-order valence-corrected chi connectivity index (χ0v) is 20.5. The van der Waals surface area contributed by atoms with Crippen molar-refractivity contribution < 1.29 is 13.2 Å². The number of benzene rings is 2. The van der Waals surface area contributed by atoms with E-state index in [9.17, 15) is 13.2 Å². The minimum Gasteiger partial charge on any atom is -0.207 e. The average molecular weight is 459 g/mol. The van der Waals surface area contributed by atoms with E-state index in [4.69, 9.17) is 0 Å². The van der Waals surface area contributed by atoms with Crippen molar-refractivity contribution in [1.29, 1.82) is 0 Å². The van der Waals surface area contributed by atoms with Crippen molar-refractivity contribution in [2.75, 3.05) is 0 Å². The molecule has 1 saturated carbocycles. The Balaban J connectivity index is 1.28. The molecular formula is C28H37F3Si. The molecule has 1 saturated heterocycles. The Morgan fingerprint density at radius 1 is 0.781 bits per heavy atom. The highest BCUT2D eigenvalue weighted by Crippen LogP contribution is 2.41. The van der Waals surface area contributed by atoms with Gasteiger partial charge in [-0.05, 0) is 78.8 Å². The van der Waals surface area contributed by atoms with Gasteiger partial charge in [-0.15, -0.1) is 0 Å². The van der Waals surface area contributed by atoms with Crippen LogP contribution < -0.4 is 0 Å². The summed E-state index contributed by atoms with van der Waals surface area (Å²) in [5.74, 6) is 0.481. The molecule has 0 N–H and O–H groups in total. The first-order chi connectivity index (χ1) is 15.5. The molecule has 0 nitrogen and oxygen atoms in total. The number of hydrogen-bond donors (Lipinski definition) is 0. The van der Waals surface area contributed by atoms with Gasteiger partial charge in [-0.1, -0.05) is 69.3 Å². The second kappa shape index (κ2) is 11.0. The molecule has 0 atom stereocenters. The first kappa shape index (κ1) is 23.6. The van der Waals surface area contributed by atoms with E-state index < -0.39 is 17.5 Å². The summed E-state index contributed by atoms with van der Waals surface area (Å²) in [4.78, 5) is 0. The molecule has 4 rings (SSSR count). The summed E-state index contributed by atoms with van der Waals surface area (Å²) < 4.78 is 42.8. The summed E-state index contributed by atoms with van der Waals surface area (Å²) in [5.41, 5.74) is 1.10. The van der Waals surface area contributed by atoms with Crippen LogP contribution in [0.5, 0.6) is 0 Å². The minimum atomic E-state index is -0.545. The van der Waals surface area contributed by atoms with Crippen LogP contribution in [0.25, 0.3) is 11.1 Å². The highest BCUT2D eigenvalue weighted by molar-refractivity contribution is 6.58. The van der Waals surface area contributed by atoms with Crippen LogP contribution in [0.2, 0.25) is 18.1 Å². The lowest BCUT2D eigenvalue weighted by Gasteiger charge is -2.32. The molecule has 0 aromatic heterocycles. The molecule has 0 amide bonds. The minimum absolute atomic E-state index is 0.0563. The lowest BCUT2D eigenvalue weighted by molar-refractivity contribution is 0.279. The third-order valence-electron chi connectivity index (χ3n) is 8.16. The van der Waals surface area contributed by atoms with Crippen LogP contribution in [0.15, 0.2) is 36.4 Å². The second-order valence-corrected chi connectivity index (χ2v) is 13.8. The summed E-state index contributed by atoms with van der Waals surface area (Å²) in [6, 6.07) is 13.0.